The number of hydrogen-bond acceptors (Lipinski definition) is 4. The number of hydrogen-bond donors (Lipinski definition) is 5. The number of carbonyl (C=O) groups excluding carboxylic acids is 2. The van der Waals surface area contributed by atoms with Gasteiger partial charge in [0.15, 0.2) is 0 Å². The molecule has 0 unspecified atom stereocenters. The predicted molar refractivity (Wildman–Crippen MR) is 53.5 cm³/mol. The number of primary amides is 1. The number of rotatable bonds is 7. The van der Waals surface area contributed by atoms with E-state index in [-0.39, 0.29) is 26.0 Å². The van der Waals surface area contributed by atoms with Crippen molar-refractivity contribution in [3.8, 4) is 0 Å². The zero-order valence-electron chi connectivity index (χ0n) is 8.60. The first kappa shape index (κ1) is 14.2. The quantitative estimate of drug-likeness (QED) is 0.345. The van der Waals surface area contributed by atoms with Crippen LogP contribution in [0.2, 0.25) is 0 Å². The summed E-state index contributed by atoms with van der Waals surface area (Å²) >= 11 is 0. The number of aliphatic hydroxyl groups is 1. The van der Waals surface area contributed by atoms with E-state index in [2.05, 4.69) is 10.6 Å². The molecule has 0 saturated heterocycles. The second-order valence-electron chi connectivity index (χ2n) is 3.02. The lowest BCUT2D eigenvalue weighted by molar-refractivity contribution is -0.139. The first-order chi connectivity index (χ1) is 7.47. The van der Waals surface area contributed by atoms with Crippen molar-refractivity contribution >= 4 is 17.9 Å². The Morgan fingerprint density at radius 1 is 1.31 bits per heavy atom. The molecule has 0 fully saturated rings. The molecule has 0 radical (unpaired) electrons. The van der Waals surface area contributed by atoms with Crippen LogP contribution in [0.15, 0.2) is 0 Å². The molecule has 0 aliphatic rings. The lowest BCUT2D eigenvalue weighted by atomic mass is 10.2. The standard InChI is InChI=1S/C8H15N3O5/c9-6(13)1-3-10-8(16)11-5(2-4-12)7(14)15/h5,12H,1-4H2,(H2,9,13)(H,14,15)(H2,10,11,16)/t5-/m1/s1. The highest BCUT2D eigenvalue weighted by Gasteiger charge is 2.18. The molecule has 0 aliphatic carbocycles. The molecule has 16 heavy (non-hydrogen) atoms. The Balaban J connectivity index is 3.90. The van der Waals surface area contributed by atoms with E-state index < -0.39 is 23.9 Å². The summed E-state index contributed by atoms with van der Waals surface area (Å²) in [5.74, 6) is -1.80. The van der Waals surface area contributed by atoms with Gasteiger partial charge >= 0.3 is 12.0 Å². The van der Waals surface area contributed by atoms with Gasteiger partial charge in [-0.3, -0.25) is 4.79 Å². The van der Waals surface area contributed by atoms with E-state index >= 15 is 0 Å². The summed E-state index contributed by atoms with van der Waals surface area (Å²) in [6, 6.07) is -1.87. The lowest BCUT2D eigenvalue weighted by Crippen LogP contribution is -2.46. The fourth-order valence-corrected chi connectivity index (χ4v) is 0.895. The van der Waals surface area contributed by atoms with E-state index in [1.807, 2.05) is 0 Å². The molecule has 0 aromatic heterocycles. The number of nitrogens with one attached hydrogen (secondary N) is 2. The van der Waals surface area contributed by atoms with Crippen LogP contribution in [0.5, 0.6) is 0 Å². The Hall–Kier alpha value is -1.83. The van der Waals surface area contributed by atoms with Crippen molar-refractivity contribution in [2.24, 2.45) is 5.73 Å². The number of carbonyl (C=O) groups is 3. The van der Waals surface area contributed by atoms with Crippen LogP contribution in [-0.2, 0) is 9.59 Å². The summed E-state index contributed by atoms with van der Waals surface area (Å²) < 4.78 is 0. The number of nitrogens with two attached hydrogens (primary N) is 1. The van der Waals surface area contributed by atoms with Gasteiger partial charge in [0.05, 0.1) is 0 Å². The normalized spacial score (nSPS) is 11.6. The van der Waals surface area contributed by atoms with Gasteiger partial charge in [-0.1, -0.05) is 0 Å². The average molecular weight is 233 g/mol. The first-order valence-corrected chi connectivity index (χ1v) is 4.63. The Morgan fingerprint density at radius 3 is 2.38 bits per heavy atom. The number of amides is 3. The molecule has 0 aliphatic heterocycles. The molecule has 0 bridgehead atoms. The summed E-state index contributed by atoms with van der Waals surface area (Å²) in [6.45, 7) is -0.314. The number of aliphatic hydroxyl groups excluding tert-OH is 1. The molecule has 0 saturated carbocycles. The number of carboxylic acid groups (broad SMARTS) is 1. The van der Waals surface area contributed by atoms with Gasteiger partial charge in [0.2, 0.25) is 5.91 Å². The smallest absolute Gasteiger partial charge is 0.326 e. The van der Waals surface area contributed by atoms with Crippen molar-refractivity contribution in [2.45, 2.75) is 18.9 Å². The summed E-state index contributed by atoms with van der Waals surface area (Å²) in [5.41, 5.74) is 4.84. The highest BCUT2D eigenvalue weighted by atomic mass is 16.4. The van der Waals surface area contributed by atoms with Crippen molar-refractivity contribution in [1.82, 2.24) is 10.6 Å². The Morgan fingerprint density at radius 2 is 1.94 bits per heavy atom. The zero-order valence-corrected chi connectivity index (χ0v) is 8.60. The van der Waals surface area contributed by atoms with Gasteiger partial charge in [-0.05, 0) is 0 Å². The Kier molecular flexibility index (Phi) is 6.61. The highest BCUT2D eigenvalue weighted by Crippen LogP contribution is 1.90. The van der Waals surface area contributed by atoms with E-state index in [0.717, 1.165) is 0 Å². The third-order valence-electron chi connectivity index (χ3n) is 1.68. The van der Waals surface area contributed by atoms with Crippen LogP contribution in [0, 0.1) is 0 Å². The number of urea groups is 1. The Bertz CT molecular complexity index is 268. The van der Waals surface area contributed by atoms with Crippen molar-refractivity contribution in [3.63, 3.8) is 0 Å². The van der Waals surface area contributed by atoms with Gasteiger partial charge in [0.25, 0.3) is 0 Å². The maximum absolute atomic E-state index is 11.1. The third kappa shape index (κ3) is 6.60. The van der Waals surface area contributed by atoms with E-state index in [1.54, 1.807) is 0 Å². The molecular weight excluding hydrogens is 218 g/mol. The molecule has 0 aromatic rings. The summed E-state index contributed by atoms with van der Waals surface area (Å²) in [7, 11) is 0. The van der Waals surface area contributed by atoms with Crippen molar-refractivity contribution in [3.05, 3.63) is 0 Å². The molecule has 0 aromatic carbocycles. The third-order valence-corrected chi connectivity index (χ3v) is 1.68. The van der Waals surface area contributed by atoms with E-state index in [0.29, 0.717) is 0 Å². The first-order valence-electron chi connectivity index (χ1n) is 4.63. The van der Waals surface area contributed by atoms with Crippen LogP contribution < -0.4 is 16.4 Å². The molecule has 1 atom stereocenters. The molecule has 92 valence electrons. The monoisotopic (exact) mass is 233 g/mol. The topological polar surface area (TPSA) is 142 Å². The van der Waals surface area contributed by atoms with Crippen LogP contribution in [0.3, 0.4) is 0 Å². The van der Waals surface area contributed by atoms with Gasteiger partial charge in [-0.15, -0.1) is 0 Å². The molecular formula is C8H15N3O5. The average Bonchev–Trinajstić information content (AvgIpc) is 2.16. The van der Waals surface area contributed by atoms with Gasteiger partial charge < -0.3 is 26.6 Å². The molecule has 6 N–H and O–H groups in total. The lowest BCUT2D eigenvalue weighted by Gasteiger charge is -2.13. The van der Waals surface area contributed by atoms with Crippen LogP contribution >= 0.6 is 0 Å². The number of carboxylic acids is 1. The fourth-order valence-electron chi connectivity index (χ4n) is 0.895. The van der Waals surface area contributed by atoms with E-state index in [4.69, 9.17) is 15.9 Å². The molecule has 8 nitrogen and oxygen atoms in total. The molecule has 8 heteroatoms. The van der Waals surface area contributed by atoms with E-state index in [1.165, 1.54) is 0 Å². The van der Waals surface area contributed by atoms with Gasteiger partial charge in [0, 0.05) is 26.0 Å². The fraction of sp³-hybridized carbons (Fsp3) is 0.625. The van der Waals surface area contributed by atoms with Crippen molar-refractivity contribution < 1.29 is 24.6 Å². The van der Waals surface area contributed by atoms with Crippen molar-refractivity contribution in [2.75, 3.05) is 13.2 Å². The van der Waals surface area contributed by atoms with Crippen LogP contribution in [0.1, 0.15) is 12.8 Å². The second kappa shape index (κ2) is 7.46. The maximum atomic E-state index is 11.1. The highest BCUT2D eigenvalue weighted by molar-refractivity contribution is 5.82. The minimum Gasteiger partial charge on any atom is -0.480 e. The SMILES string of the molecule is NC(=O)CCNC(=O)N[C@H](CCO)C(=O)O. The van der Waals surface area contributed by atoms with E-state index in [9.17, 15) is 14.4 Å². The second-order valence-corrected chi connectivity index (χ2v) is 3.02. The predicted octanol–water partition coefficient (Wildman–Crippen LogP) is -2.00. The Labute approximate surface area is 91.8 Å². The van der Waals surface area contributed by atoms with Crippen LogP contribution in [0.25, 0.3) is 0 Å². The number of aliphatic carboxylic acids is 1. The maximum Gasteiger partial charge on any atom is 0.326 e. The van der Waals surface area contributed by atoms with Crippen LogP contribution in [0.4, 0.5) is 4.79 Å². The zero-order chi connectivity index (χ0) is 12.6. The van der Waals surface area contributed by atoms with Gasteiger partial charge in [0.1, 0.15) is 6.04 Å². The minimum atomic E-state index is -1.24. The van der Waals surface area contributed by atoms with Gasteiger partial charge in [-0.2, -0.15) is 0 Å². The minimum absolute atomic E-state index is 0.0227. The van der Waals surface area contributed by atoms with Crippen LogP contribution in [-0.4, -0.2) is 47.3 Å². The largest absolute Gasteiger partial charge is 0.480 e. The molecule has 0 heterocycles. The van der Waals surface area contributed by atoms with Crippen molar-refractivity contribution in [1.29, 1.82) is 0 Å². The molecule has 3 amide bonds. The summed E-state index contributed by atoms with van der Waals surface area (Å²) in [6.07, 6.45) is -0.107. The molecule has 0 spiro atoms. The van der Waals surface area contributed by atoms with Gasteiger partial charge in [-0.25, -0.2) is 9.59 Å². The summed E-state index contributed by atoms with van der Waals surface area (Å²) in [4.78, 5) is 32.0. The summed E-state index contributed by atoms with van der Waals surface area (Å²) in [5, 5.41) is 21.6. The molecule has 0 rings (SSSR count).